The topological polar surface area (TPSA) is 26.7 Å². The summed E-state index contributed by atoms with van der Waals surface area (Å²) in [5, 5.41) is 9.02. The van der Waals surface area contributed by atoms with Gasteiger partial charge in [-0.3, -0.25) is 9.80 Å². The van der Waals surface area contributed by atoms with Crippen molar-refractivity contribution in [2.24, 2.45) is 0 Å². The van der Waals surface area contributed by atoms with Crippen LogP contribution < -0.4 is 0 Å². The molecule has 0 bridgehead atoms. The van der Waals surface area contributed by atoms with Crippen molar-refractivity contribution in [3.8, 4) is 0 Å². The fourth-order valence-electron chi connectivity index (χ4n) is 2.45. The molecule has 0 aromatic heterocycles. The van der Waals surface area contributed by atoms with Crippen molar-refractivity contribution in [2.75, 3.05) is 26.2 Å². The van der Waals surface area contributed by atoms with Crippen LogP contribution in [0.4, 0.5) is 0 Å². The van der Waals surface area contributed by atoms with E-state index >= 15 is 0 Å². The van der Waals surface area contributed by atoms with Crippen LogP contribution in [-0.4, -0.2) is 47.1 Å². The molecule has 0 unspecified atom stereocenters. The lowest BCUT2D eigenvalue weighted by Crippen LogP contribution is -2.48. The zero-order valence-electron chi connectivity index (χ0n) is 11.5. The van der Waals surface area contributed by atoms with E-state index in [2.05, 4.69) is 35.8 Å². The largest absolute Gasteiger partial charge is 0.392 e. The van der Waals surface area contributed by atoms with Gasteiger partial charge in [0.15, 0.2) is 0 Å². The van der Waals surface area contributed by atoms with Crippen molar-refractivity contribution in [2.45, 2.75) is 33.0 Å². The second kappa shape index (κ2) is 6.32. The van der Waals surface area contributed by atoms with E-state index in [1.165, 1.54) is 18.7 Å². The molecule has 1 saturated heterocycles. The van der Waals surface area contributed by atoms with Crippen molar-refractivity contribution in [1.82, 2.24) is 9.80 Å². The van der Waals surface area contributed by atoms with E-state index in [0.717, 1.165) is 25.2 Å². The van der Waals surface area contributed by atoms with Crippen LogP contribution in [0.5, 0.6) is 0 Å². The minimum Gasteiger partial charge on any atom is -0.392 e. The van der Waals surface area contributed by atoms with Crippen molar-refractivity contribution < 1.29 is 5.11 Å². The summed E-state index contributed by atoms with van der Waals surface area (Å²) in [5.41, 5.74) is 2.33. The van der Waals surface area contributed by atoms with Gasteiger partial charge in [-0.25, -0.2) is 0 Å². The first-order chi connectivity index (χ1) is 8.69. The summed E-state index contributed by atoms with van der Waals surface area (Å²) in [6.07, 6.45) is 0. The molecule has 1 heterocycles. The van der Waals surface area contributed by atoms with Crippen molar-refractivity contribution in [1.29, 1.82) is 0 Å². The summed E-state index contributed by atoms with van der Waals surface area (Å²) < 4.78 is 0. The van der Waals surface area contributed by atoms with Crippen molar-refractivity contribution in [3.05, 3.63) is 35.4 Å². The van der Waals surface area contributed by atoms with Crippen molar-refractivity contribution in [3.63, 3.8) is 0 Å². The smallest absolute Gasteiger partial charge is 0.0681 e. The van der Waals surface area contributed by atoms with Gasteiger partial charge < -0.3 is 5.11 Å². The van der Waals surface area contributed by atoms with Gasteiger partial charge in [0, 0.05) is 38.8 Å². The normalized spacial score (nSPS) is 18.4. The van der Waals surface area contributed by atoms with E-state index in [1.54, 1.807) is 0 Å². The molecule has 1 aromatic carbocycles. The van der Waals surface area contributed by atoms with E-state index in [4.69, 9.17) is 5.11 Å². The average molecular weight is 248 g/mol. The number of aliphatic hydroxyl groups is 1. The maximum atomic E-state index is 9.02. The highest BCUT2D eigenvalue weighted by molar-refractivity contribution is 5.21. The predicted octanol–water partition coefficient (Wildman–Crippen LogP) is 1.70. The molecule has 1 aliphatic heterocycles. The van der Waals surface area contributed by atoms with Crippen LogP contribution in [0.15, 0.2) is 24.3 Å². The number of rotatable bonds is 4. The fourth-order valence-corrected chi connectivity index (χ4v) is 2.45. The Bertz CT molecular complexity index is 353. The lowest BCUT2D eigenvalue weighted by molar-refractivity contribution is 0.104. The molecule has 0 saturated carbocycles. The average Bonchev–Trinajstić information content (AvgIpc) is 2.40. The third kappa shape index (κ3) is 3.55. The molecule has 2 rings (SSSR count). The van der Waals surface area contributed by atoms with E-state index in [9.17, 15) is 0 Å². The minimum atomic E-state index is 0.132. The SMILES string of the molecule is CC(C)N1CCN(Cc2ccc(CO)cc2)CC1. The summed E-state index contributed by atoms with van der Waals surface area (Å²) in [4.78, 5) is 5.04. The number of hydrogen-bond donors (Lipinski definition) is 1. The fraction of sp³-hybridized carbons (Fsp3) is 0.600. The van der Waals surface area contributed by atoms with Crippen LogP contribution in [0.2, 0.25) is 0 Å². The first-order valence-corrected chi connectivity index (χ1v) is 6.84. The van der Waals surface area contributed by atoms with Gasteiger partial charge in [-0.2, -0.15) is 0 Å². The van der Waals surface area contributed by atoms with Crippen LogP contribution in [0.3, 0.4) is 0 Å². The summed E-state index contributed by atoms with van der Waals surface area (Å²) in [7, 11) is 0. The number of benzene rings is 1. The molecule has 0 spiro atoms. The maximum absolute atomic E-state index is 9.02. The number of hydrogen-bond acceptors (Lipinski definition) is 3. The highest BCUT2D eigenvalue weighted by Crippen LogP contribution is 2.11. The molecule has 18 heavy (non-hydrogen) atoms. The summed E-state index contributed by atoms with van der Waals surface area (Å²) in [5.74, 6) is 0. The van der Waals surface area contributed by atoms with Gasteiger partial charge in [0.1, 0.15) is 0 Å². The second-order valence-electron chi connectivity index (χ2n) is 5.38. The number of aliphatic hydroxyl groups excluding tert-OH is 1. The molecule has 1 fully saturated rings. The zero-order valence-corrected chi connectivity index (χ0v) is 11.5. The van der Waals surface area contributed by atoms with Gasteiger partial charge >= 0.3 is 0 Å². The Balaban J connectivity index is 1.83. The summed E-state index contributed by atoms with van der Waals surface area (Å²) in [6, 6.07) is 8.94. The predicted molar refractivity (Wildman–Crippen MR) is 74.4 cm³/mol. The first kappa shape index (κ1) is 13.5. The quantitative estimate of drug-likeness (QED) is 0.878. The lowest BCUT2D eigenvalue weighted by Gasteiger charge is -2.36. The lowest BCUT2D eigenvalue weighted by atomic mass is 10.1. The molecular formula is C15H24N2O. The number of piperazine rings is 1. The number of nitrogens with zero attached hydrogens (tertiary/aromatic N) is 2. The maximum Gasteiger partial charge on any atom is 0.0681 e. The molecule has 1 aliphatic rings. The summed E-state index contributed by atoms with van der Waals surface area (Å²) >= 11 is 0. The Morgan fingerprint density at radius 3 is 2.06 bits per heavy atom. The van der Waals surface area contributed by atoms with Gasteiger partial charge in [-0.15, -0.1) is 0 Å². The molecular weight excluding hydrogens is 224 g/mol. The van der Waals surface area contributed by atoms with Gasteiger partial charge in [-0.05, 0) is 25.0 Å². The van der Waals surface area contributed by atoms with E-state index in [0.29, 0.717) is 6.04 Å². The van der Waals surface area contributed by atoms with E-state index in [1.807, 2.05) is 12.1 Å². The van der Waals surface area contributed by atoms with Crippen LogP contribution in [0.25, 0.3) is 0 Å². The monoisotopic (exact) mass is 248 g/mol. The zero-order chi connectivity index (χ0) is 13.0. The highest BCUT2D eigenvalue weighted by atomic mass is 16.3. The highest BCUT2D eigenvalue weighted by Gasteiger charge is 2.18. The molecule has 100 valence electrons. The molecule has 3 heteroatoms. The van der Waals surface area contributed by atoms with Gasteiger partial charge in [0.25, 0.3) is 0 Å². The Hall–Kier alpha value is -0.900. The van der Waals surface area contributed by atoms with Gasteiger partial charge in [0.2, 0.25) is 0 Å². The van der Waals surface area contributed by atoms with Crippen LogP contribution in [0.1, 0.15) is 25.0 Å². The van der Waals surface area contributed by atoms with Crippen molar-refractivity contribution >= 4 is 0 Å². The molecule has 0 aliphatic carbocycles. The third-order valence-electron chi connectivity index (χ3n) is 3.75. The van der Waals surface area contributed by atoms with E-state index in [-0.39, 0.29) is 6.61 Å². The Kier molecular flexibility index (Phi) is 4.75. The van der Waals surface area contributed by atoms with Gasteiger partial charge in [-0.1, -0.05) is 24.3 Å². The second-order valence-corrected chi connectivity index (χ2v) is 5.38. The first-order valence-electron chi connectivity index (χ1n) is 6.84. The molecule has 0 radical (unpaired) electrons. The van der Waals surface area contributed by atoms with E-state index < -0.39 is 0 Å². The van der Waals surface area contributed by atoms with Crippen LogP contribution in [-0.2, 0) is 13.2 Å². The Morgan fingerprint density at radius 2 is 1.56 bits per heavy atom. The van der Waals surface area contributed by atoms with Crippen LogP contribution >= 0.6 is 0 Å². The van der Waals surface area contributed by atoms with Gasteiger partial charge in [0.05, 0.1) is 6.61 Å². The minimum absolute atomic E-state index is 0.132. The molecule has 0 amide bonds. The molecule has 1 N–H and O–H groups in total. The Labute approximate surface area is 110 Å². The summed E-state index contributed by atoms with van der Waals surface area (Å²) in [6.45, 7) is 10.3. The standard InChI is InChI=1S/C15H24N2O/c1-13(2)17-9-7-16(8-10-17)11-14-3-5-15(12-18)6-4-14/h3-6,13,18H,7-12H2,1-2H3. The molecule has 1 aromatic rings. The third-order valence-corrected chi connectivity index (χ3v) is 3.75. The Morgan fingerprint density at radius 1 is 1.00 bits per heavy atom. The van der Waals surface area contributed by atoms with Crippen LogP contribution in [0, 0.1) is 0 Å². The molecule has 0 atom stereocenters. The molecule has 3 nitrogen and oxygen atoms in total.